The minimum atomic E-state index is -0.726. The van der Waals surface area contributed by atoms with Gasteiger partial charge in [-0.05, 0) is 44.5 Å². The largest absolute Gasteiger partial charge is 0.424 e. The standard InChI is InChI=1S/C24H21N5O6/c1-14-12-15(2)26-24(25-14)35-17-7-3-6-16(13-17)27-20(30)10-5-11-28-22(31)18-8-4-9-19(29(33)34)21(18)23(28)32/h3-4,6-9,12-13H,5,10-11H2,1-2H3,(H,27,30). The summed E-state index contributed by atoms with van der Waals surface area (Å²) in [6, 6.07) is 12.7. The van der Waals surface area contributed by atoms with Gasteiger partial charge in [-0.15, -0.1) is 0 Å². The Bertz CT molecular complexity index is 1340. The van der Waals surface area contributed by atoms with Gasteiger partial charge in [-0.1, -0.05) is 12.1 Å². The fourth-order valence-electron chi connectivity index (χ4n) is 3.77. The highest BCUT2D eigenvalue weighted by molar-refractivity contribution is 6.23. The number of carbonyl (C=O) groups is 3. The van der Waals surface area contributed by atoms with E-state index in [1.165, 1.54) is 18.2 Å². The van der Waals surface area contributed by atoms with E-state index in [4.69, 9.17) is 4.74 Å². The lowest BCUT2D eigenvalue weighted by molar-refractivity contribution is -0.385. The number of imide groups is 1. The van der Waals surface area contributed by atoms with E-state index < -0.39 is 22.4 Å². The molecule has 0 saturated heterocycles. The fraction of sp³-hybridized carbons (Fsp3) is 0.208. The smallest absolute Gasteiger partial charge is 0.322 e. The Labute approximate surface area is 199 Å². The maximum absolute atomic E-state index is 12.6. The van der Waals surface area contributed by atoms with Gasteiger partial charge in [0.2, 0.25) is 5.91 Å². The monoisotopic (exact) mass is 475 g/mol. The van der Waals surface area contributed by atoms with Gasteiger partial charge in [0.1, 0.15) is 11.3 Å². The molecule has 0 spiro atoms. The molecule has 3 aromatic rings. The number of hydrogen-bond donors (Lipinski definition) is 1. The van der Waals surface area contributed by atoms with Gasteiger partial charge in [0.25, 0.3) is 17.5 Å². The van der Waals surface area contributed by atoms with Crippen molar-refractivity contribution in [3.8, 4) is 11.8 Å². The molecule has 178 valence electrons. The molecule has 1 aliphatic rings. The number of rotatable bonds is 8. The van der Waals surface area contributed by atoms with Crippen molar-refractivity contribution in [3.05, 3.63) is 81.2 Å². The number of benzene rings is 2. The molecular weight excluding hydrogens is 454 g/mol. The number of amides is 3. The van der Waals surface area contributed by atoms with Crippen LogP contribution in [-0.4, -0.2) is 44.1 Å². The first kappa shape index (κ1) is 23.5. The normalized spacial score (nSPS) is 12.5. The molecular formula is C24H21N5O6. The summed E-state index contributed by atoms with van der Waals surface area (Å²) in [5, 5.41) is 13.9. The Hall–Kier alpha value is -4.67. The number of aromatic nitrogens is 2. The molecule has 1 N–H and O–H groups in total. The van der Waals surface area contributed by atoms with E-state index >= 15 is 0 Å². The van der Waals surface area contributed by atoms with E-state index in [1.54, 1.807) is 24.3 Å². The summed E-state index contributed by atoms with van der Waals surface area (Å²) >= 11 is 0. The molecule has 3 amide bonds. The van der Waals surface area contributed by atoms with Crippen molar-refractivity contribution in [1.29, 1.82) is 0 Å². The van der Waals surface area contributed by atoms with Crippen LogP contribution in [0.2, 0.25) is 0 Å². The predicted molar refractivity (Wildman–Crippen MR) is 124 cm³/mol. The second kappa shape index (κ2) is 9.67. The molecule has 1 aromatic heterocycles. The van der Waals surface area contributed by atoms with Crippen molar-refractivity contribution in [2.45, 2.75) is 26.7 Å². The Balaban J connectivity index is 1.33. The SMILES string of the molecule is Cc1cc(C)nc(Oc2cccc(NC(=O)CCCN3C(=O)c4cccc([N+](=O)[O-])c4C3=O)c2)n1. The van der Waals surface area contributed by atoms with Crippen molar-refractivity contribution >= 4 is 29.1 Å². The Morgan fingerprint density at radius 1 is 1.06 bits per heavy atom. The Kier molecular flexibility index (Phi) is 6.49. The van der Waals surface area contributed by atoms with Crippen molar-refractivity contribution < 1.29 is 24.0 Å². The molecule has 0 radical (unpaired) electrons. The zero-order valence-corrected chi connectivity index (χ0v) is 19.0. The van der Waals surface area contributed by atoms with Crippen LogP contribution < -0.4 is 10.1 Å². The first-order valence-electron chi connectivity index (χ1n) is 10.8. The molecule has 0 saturated carbocycles. The average molecular weight is 475 g/mol. The molecule has 0 fully saturated rings. The number of nitrogens with one attached hydrogen (secondary N) is 1. The maximum atomic E-state index is 12.6. The fourth-order valence-corrected chi connectivity index (χ4v) is 3.77. The minimum absolute atomic E-state index is 0.00162. The number of nitro benzene ring substituents is 1. The van der Waals surface area contributed by atoms with E-state index in [0.29, 0.717) is 11.4 Å². The van der Waals surface area contributed by atoms with Crippen molar-refractivity contribution in [2.75, 3.05) is 11.9 Å². The van der Waals surface area contributed by atoms with E-state index in [-0.39, 0.29) is 42.4 Å². The molecule has 11 heteroatoms. The van der Waals surface area contributed by atoms with E-state index in [2.05, 4.69) is 15.3 Å². The second-order valence-corrected chi connectivity index (χ2v) is 7.93. The molecule has 0 atom stereocenters. The van der Waals surface area contributed by atoms with Crippen LogP contribution in [0.3, 0.4) is 0 Å². The second-order valence-electron chi connectivity index (χ2n) is 7.93. The molecule has 11 nitrogen and oxygen atoms in total. The molecule has 2 aromatic carbocycles. The van der Waals surface area contributed by atoms with Gasteiger partial charge < -0.3 is 10.1 Å². The predicted octanol–water partition coefficient (Wildman–Crippen LogP) is 3.81. The zero-order chi connectivity index (χ0) is 25.1. The molecule has 0 unspecified atom stereocenters. The van der Waals surface area contributed by atoms with Crippen molar-refractivity contribution in [2.24, 2.45) is 0 Å². The van der Waals surface area contributed by atoms with Gasteiger partial charge in [-0.3, -0.25) is 29.4 Å². The lowest BCUT2D eigenvalue weighted by Crippen LogP contribution is -2.31. The third-order valence-electron chi connectivity index (χ3n) is 5.25. The van der Waals surface area contributed by atoms with Crippen LogP contribution in [0, 0.1) is 24.0 Å². The Morgan fingerprint density at radius 3 is 2.49 bits per heavy atom. The van der Waals surface area contributed by atoms with Crippen LogP contribution in [0.25, 0.3) is 0 Å². The van der Waals surface area contributed by atoms with E-state index in [1.807, 2.05) is 19.9 Å². The highest BCUT2D eigenvalue weighted by Gasteiger charge is 2.40. The third-order valence-corrected chi connectivity index (χ3v) is 5.25. The zero-order valence-electron chi connectivity index (χ0n) is 19.0. The first-order valence-corrected chi connectivity index (χ1v) is 10.8. The quantitative estimate of drug-likeness (QED) is 0.294. The van der Waals surface area contributed by atoms with Gasteiger partial charge in [0, 0.05) is 42.2 Å². The highest BCUT2D eigenvalue weighted by Crippen LogP contribution is 2.31. The van der Waals surface area contributed by atoms with Crippen LogP contribution >= 0.6 is 0 Å². The number of carbonyl (C=O) groups excluding carboxylic acids is 3. The summed E-state index contributed by atoms with van der Waals surface area (Å²) in [6.07, 6.45) is 0.221. The highest BCUT2D eigenvalue weighted by atomic mass is 16.6. The summed E-state index contributed by atoms with van der Waals surface area (Å²) in [5.41, 5.74) is 1.41. The van der Waals surface area contributed by atoms with Crippen LogP contribution in [0.1, 0.15) is 44.9 Å². The molecule has 0 aliphatic carbocycles. The van der Waals surface area contributed by atoms with Crippen molar-refractivity contribution in [3.63, 3.8) is 0 Å². The first-order chi connectivity index (χ1) is 16.7. The van der Waals surface area contributed by atoms with Crippen LogP contribution in [0.15, 0.2) is 48.5 Å². The molecule has 2 heterocycles. The van der Waals surface area contributed by atoms with Crippen LogP contribution in [0.4, 0.5) is 11.4 Å². The molecule has 4 rings (SSSR count). The lowest BCUT2D eigenvalue weighted by Gasteiger charge is -2.13. The van der Waals surface area contributed by atoms with Gasteiger partial charge in [0.05, 0.1) is 10.5 Å². The summed E-state index contributed by atoms with van der Waals surface area (Å²) in [5.74, 6) is -1.21. The van der Waals surface area contributed by atoms with E-state index in [9.17, 15) is 24.5 Å². The molecule has 0 bridgehead atoms. The molecule has 1 aliphatic heterocycles. The third kappa shape index (κ3) is 5.13. The average Bonchev–Trinajstić information content (AvgIpc) is 3.03. The van der Waals surface area contributed by atoms with Gasteiger partial charge in [0.15, 0.2) is 0 Å². The van der Waals surface area contributed by atoms with Crippen LogP contribution in [-0.2, 0) is 4.79 Å². The van der Waals surface area contributed by atoms with E-state index in [0.717, 1.165) is 16.3 Å². The summed E-state index contributed by atoms with van der Waals surface area (Å²) in [7, 11) is 0. The Morgan fingerprint density at radius 2 is 1.77 bits per heavy atom. The van der Waals surface area contributed by atoms with Crippen LogP contribution in [0.5, 0.6) is 11.8 Å². The van der Waals surface area contributed by atoms with Crippen molar-refractivity contribution in [1.82, 2.24) is 14.9 Å². The number of anilines is 1. The summed E-state index contributed by atoms with van der Waals surface area (Å²) in [6.45, 7) is 3.63. The van der Waals surface area contributed by atoms with Gasteiger partial charge in [-0.25, -0.2) is 9.97 Å². The number of ether oxygens (including phenoxy) is 1. The maximum Gasteiger partial charge on any atom is 0.322 e. The number of nitro groups is 1. The lowest BCUT2D eigenvalue weighted by atomic mass is 10.1. The number of fused-ring (bicyclic) bond motifs is 1. The number of hydrogen-bond acceptors (Lipinski definition) is 8. The number of nitrogens with zero attached hydrogens (tertiary/aromatic N) is 4. The van der Waals surface area contributed by atoms with Gasteiger partial charge >= 0.3 is 6.01 Å². The molecule has 35 heavy (non-hydrogen) atoms. The topological polar surface area (TPSA) is 145 Å². The minimum Gasteiger partial charge on any atom is -0.424 e. The summed E-state index contributed by atoms with van der Waals surface area (Å²) < 4.78 is 5.69. The van der Waals surface area contributed by atoms with Gasteiger partial charge in [-0.2, -0.15) is 0 Å². The number of aryl methyl sites for hydroxylation is 2. The summed E-state index contributed by atoms with van der Waals surface area (Å²) in [4.78, 5) is 57.5.